The molecule has 1 aliphatic carbocycles. The second-order valence-corrected chi connectivity index (χ2v) is 9.02. The van der Waals surface area contributed by atoms with Crippen LogP contribution < -0.4 is 5.32 Å². The number of carbonyl (C=O) groups is 1. The van der Waals surface area contributed by atoms with Crippen LogP contribution in [0.15, 0.2) is 9.59 Å². The summed E-state index contributed by atoms with van der Waals surface area (Å²) in [6.45, 7) is 4.47. The molecular formula is C13H18ClNO3S2. The van der Waals surface area contributed by atoms with Crippen LogP contribution in [0.5, 0.6) is 0 Å². The van der Waals surface area contributed by atoms with Crippen LogP contribution in [0.4, 0.5) is 0 Å². The van der Waals surface area contributed by atoms with Crippen molar-refractivity contribution in [1.29, 1.82) is 0 Å². The molecular weight excluding hydrogens is 318 g/mol. The standard InChI is InChI=1S/C13H18ClNO3S2/c1-8-4-3-5-10(8)6-15-12(16)11-7-19-13(9(11)2)20(14,17)18/h7-8,10H,3-6H2,1-2H3,(H,15,16). The van der Waals surface area contributed by atoms with E-state index in [2.05, 4.69) is 12.2 Å². The van der Waals surface area contributed by atoms with Crippen molar-refractivity contribution in [1.82, 2.24) is 5.32 Å². The van der Waals surface area contributed by atoms with Crippen LogP contribution in [0.3, 0.4) is 0 Å². The molecule has 1 amide bonds. The molecule has 0 saturated heterocycles. The largest absolute Gasteiger partial charge is 0.352 e. The molecule has 0 bridgehead atoms. The summed E-state index contributed by atoms with van der Waals surface area (Å²) >= 11 is 0.989. The lowest BCUT2D eigenvalue weighted by Crippen LogP contribution is -2.30. The minimum Gasteiger partial charge on any atom is -0.352 e. The van der Waals surface area contributed by atoms with E-state index in [4.69, 9.17) is 10.7 Å². The Balaban J connectivity index is 2.05. The first-order valence-corrected chi connectivity index (χ1v) is 9.80. The Labute approximate surface area is 127 Å². The molecule has 1 heterocycles. The van der Waals surface area contributed by atoms with Gasteiger partial charge in [-0.15, -0.1) is 11.3 Å². The van der Waals surface area contributed by atoms with Gasteiger partial charge >= 0.3 is 0 Å². The van der Waals surface area contributed by atoms with Crippen molar-refractivity contribution in [2.75, 3.05) is 6.54 Å². The molecule has 1 aliphatic rings. The first-order valence-electron chi connectivity index (χ1n) is 6.61. The smallest absolute Gasteiger partial charge is 0.271 e. The van der Waals surface area contributed by atoms with E-state index in [9.17, 15) is 13.2 Å². The number of rotatable bonds is 4. The maximum absolute atomic E-state index is 12.1. The van der Waals surface area contributed by atoms with Gasteiger partial charge in [-0.1, -0.05) is 19.8 Å². The normalized spacial score (nSPS) is 22.9. The second-order valence-electron chi connectivity index (χ2n) is 5.38. The Hall–Kier alpha value is -0.590. The Morgan fingerprint density at radius 1 is 1.50 bits per heavy atom. The fraction of sp³-hybridized carbons (Fsp3) is 0.615. The molecule has 1 saturated carbocycles. The van der Waals surface area contributed by atoms with Crippen LogP contribution >= 0.6 is 22.0 Å². The van der Waals surface area contributed by atoms with Gasteiger partial charge in [-0.3, -0.25) is 4.79 Å². The highest BCUT2D eigenvalue weighted by Crippen LogP contribution is 2.31. The SMILES string of the molecule is Cc1c(C(=O)NCC2CCCC2C)csc1S(=O)(=O)Cl. The molecule has 112 valence electrons. The molecule has 0 radical (unpaired) electrons. The number of hydrogen-bond acceptors (Lipinski definition) is 4. The number of hydrogen-bond donors (Lipinski definition) is 1. The van der Waals surface area contributed by atoms with Gasteiger partial charge in [0.15, 0.2) is 0 Å². The summed E-state index contributed by atoms with van der Waals surface area (Å²) in [5.41, 5.74) is 0.835. The van der Waals surface area contributed by atoms with E-state index in [-0.39, 0.29) is 10.1 Å². The summed E-state index contributed by atoms with van der Waals surface area (Å²) in [6, 6.07) is 0. The lowest BCUT2D eigenvalue weighted by molar-refractivity contribution is 0.0944. The molecule has 20 heavy (non-hydrogen) atoms. The summed E-state index contributed by atoms with van der Waals surface area (Å²) in [5.74, 6) is 0.941. The average molecular weight is 336 g/mol. The van der Waals surface area contributed by atoms with Crippen LogP contribution in [0.25, 0.3) is 0 Å². The molecule has 0 spiro atoms. The van der Waals surface area contributed by atoms with E-state index in [1.54, 1.807) is 12.3 Å². The minimum atomic E-state index is -3.77. The average Bonchev–Trinajstić information content (AvgIpc) is 2.92. The topological polar surface area (TPSA) is 63.2 Å². The summed E-state index contributed by atoms with van der Waals surface area (Å²) in [6.07, 6.45) is 3.58. The van der Waals surface area contributed by atoms with Crippen LogP contribution in [0.1, 0.15) is 42.1 Å². The van der Waals surface area contributed by atoms with E-state index in [1.165, 1.54) is 12.8 Å². The molecule has 7 heteroatoms. The number of halogens is 1. The van der Waals surface area contributed by atoms with E-state index in [1.807, 2.05) is 0 Å². The van der Waals surface area contributed by atoms with Gasteiger partial charge in [0, 0.05) is 22.6 Å². The van der Waals surface area contributed by atoms with Crippen LogP contribution in [-0.2, 0) is 9.05 Å². The van der Waals surface area contributed by atoms with Crippen molar-refractivity contribution in [2.45, 2.75) is 37.3 Å². The highest BCUT2D eigenvalue weighted by molar-refractivity contribution is 8.15. The zero-order chi connectivity index (χ0) is 14.9. The maximum atomic E-state index is 12.1. The quantitative estimate of drug-likeness (QED) is 0.860. The van der Waals surface area contributed by atoms with Gasteiger partial charge in [-0.2, -0.15) is 0 Å². The Morgan fingerprint density at radius 3 is 2.70 bits per heavy atom. The first-order chi connectivity index (χ1) is 9.30. The monoisotopic (exact) mass is 335 g/mol. The zero-order valence-electron chi connectivity index (χ0n) is 11.5. The summed E-state index contributed by atoms with van der Waals surface area (Å²) in [5, 5.41) is 4.46. The van der Waals surface area contributed by atoms with Crippen molar-refractivity contribution in [3.05, 3.63) is 16.5 Å². The van der Waals surface area contributed by atoms with Crippen molar-refractivity contribution < 1.29 is 13.2 Å². The predicted octanol–water partition coefficient (Wildman–Crippen LogP) is 3.15. The van der Waals surface area contributed by atoms with E-state index < -0.39 is 9.05 Å². The number of nitrogens with one attached hydrogen (secondary N) is 1. The van der Waals surface area contributed by atoms with Crippen molar-refractivity contribution in [3.8, 4) is 0 Å². The summed E-state index contributed by atoms with van der Waals surface area (Å²) in [7, 11) is 1.56. The first kappa shape index (κ1) is 15.8. The van der Waals surface area contributed by atoms with Crippen molar-refractivity contribution >= 4 is 37.0 Å². The van der Waals surface area contributed by atoms with Gasteiger partial charge < -0.3 is 5.32 Å². The van der Waals surface area contributed by atoms with Gasteiger partial charge in [0.25, 0.3) is 15.0 Å². The molecule has 4 nitrogen and oxygen atoms in total. The molecule has 2 rings (SSSR count). The maximum Gasteiger partial charge on any atom is 0.271 e. The van der Waals surface area contributed by atoms with Crippen LogP contribution in [0.2, 0.25) is 0 Å². The van der Waals surface area contributed by atoms with Crippen molar-refractivity contribution in [3.63, 3.8) is 0 Å². The third-order valence-electron chi connectivity index (χ3n) is 4.02. The lowest BCUT2D eigenvalue weighted by atomic mass is 9.98. The van der Waals surface area contributed by atoms with Crippen LogP contribution in [0, 0.1) is 18.8 Å². The van der Waals surface area contributed by atoms with Crippen molar-refractivity contribution in [2.24, 2.45) is 11.8 Å². The van der Waals surface area contributed by atoms with Gasteiger partial charge in [-0.05, 0) is 30.7 Å². The molecule has 0 aromatic carbocycles. The zero-order valence-corrected chi connectivity index (χ0v) is 13.9. The summed E-state index contributed by atoms with van der Waals surface area (Å²) < 4.78 is 22.7. The molecule has 2 atom stereocenters. The second kappa shape index (κ2) is 6.03. The highest BCUT2D eigenvalue weighted by atomic mass is 35.7. The van der Waals surface area contributed by atoms with Crippen LogP contribution in [-0.4, -0.2) is 20.9 Å². The third kappa shape index (κ3) is 3.35. The van der Waals surface area contributed by atoms with Gasteiger partial charge in [0.1, 0.15) is 4.21 Å². The molecule has 2 unspecified atom stereocenters. The van der Waals surface area contributed by atoms with Gasteiger partial charge in [-0.25, -0.2) is 8.42 Å². The minimum absolute atomic E-state index is 0.0542. The molecule has 1 N–H and O–H groups in total. The van der Waals surface area contributed by atoms with E-state index in [0.29, 0.717) is 29.5 Å². The highest BCUT2D eigenvalue weighted by Gasteiger charge is 2.25. The Kier molecular flexibility index (Phi) is 4.76. The lowest BCUT2D eigenvalue weighted by Gasteiger charge is -2.15. The number of thiophene rings is 1. The fourth-order valence-corrected chi connectivity index (χ4v) is 5.26. The molecule has 1 aromatic rings. The molecule has 1 fully saturated rings. The summed E-state index contributed by atoms with van der Waals surface area (Å²) in [4.78, 5) is 12.1. The van der Waals surface area contributed by atoms with E-state index >= 15 is 0 Å². The predicted molar refractivity (Wildman–Crippen MR) is 80.9 cm³/mol. The number of carbonyl (C=O) groups excluding carboxylic acids is 1. The molecule has 0 aliphatic heterocycles. The Bertz CT molecular complexity index is 609. The Morgan fingerprint density at radius 2 is 2.20 bits per heavy atom. The fourth-order valence-electron chi connectivity index (χ4n) is 2.71. The van der Waals surface area contributed by atoms with Gasteiger partial charge in [0.05, 0.1) is 5.56 Å². The third-order valence-corrected chi connectivity index (χ3v) is 7.33. The number of amides is 1. The van der Waals surface area contributed by atoms with E-state index in [0.717, 1.165) is 17.8 Å². The van der Waals surface area contributed by atoms with Gasteiger partial charge in [0.2, 0.25) is 0 Å². The molecule has 1 aromatic heterocycles.